The smallest absolute Gasteiger partial charge is 0.341 e. The van der Waals surface area contributed by atoms with E-state index in [2.05, 4.69) is 0 Å². The Bertz CT molecular complexity index is 670. The van der Waals surface area contributed by atoms with Crippen molar-refractivity contribution >= 4 is 16.0 Å². The first-order valence-corrected chi connectivity index (χ1v) is 8.94. The monoisotopic (exact) mass is 341 g/mol. The molecule has 2 aliphatic heterocycles. The number of carbonyl (C=O) groups is 1. The predicted octanol–water partition coefficient (Wildman–Crippen LogP) is 1.09. The molecule has 0 saturated carbocycles. The van der Waals surface area contributed by atoms with Gasteiger partial charge in [0, 0.05) is 13.1 Å². The summed E-state index contributed by atoms with van der Waals surface area (Å²) in [5.41, 5.74) is -0.0967. The lowest BCUT2D eigenvalue weighted by Crippen LogP contribution is -2.53. The average Bonchev–Trinajstić information content (AvgIpc) is 2.52. The summed E-state index contributed by atoms with van der Waals surface area (Å²) in [6.07, 6.45) is 2.47. The van der Waals surface area contributed by atoms with Gasteiger partial charge in [-0.15, -0.1) is 0 Å². The molecular weight excluding hydrogens is 322 g/mol. The number of hydrogen-bond acceptors (Lipinski definition) is 5. The number of aliphatic carboxylic acids is 1. The minimum absolute atomic E-state index is 0.0967. The zero-order valence-electron chi connectivity index (χ0n) is 12.6. The molecule has 2 fully saturated rings. The third-order valence-corrected chi connectivity index (χ3v) is 6.34. The number of sulfonamides is 1. The standard InChI is InChI=1S/C15H19NO6S/c17-14(18)11-21-12-1-3-13(4-2-12)23(19,20)16-8-5-15(6-9-16)7-10-22-15/h1-4H,5-11H2,(H,17,18). The van der Waals surface area contributed by atoms with Gasteiger partial charge in [0.15, 0.2) is 6.61 Å². The first-order chi connectivity index (χ1) is 10.9. The summed E-state index contributed by atoms with van der Waals surface area (Å²) in [7, 11) is -3.54. The minimum Gasteiger partial charge on any atom is -0.482 e. The van der Waals surface area contributed by atoms with E-state index in [1.54, 1.807) is 0 Å². The first-order valence-electron chi connectivity index (χ1n) is 7.50. The number of rotatable bonds is 5. The molecule has 3 rings (SSSR count). The van der Waals surface area contributed by atoms with Crippen LogP contribution in [-0.4, -0.2) is 55.7 Å². The first kappa shape index (κ1) is 16.2. The molecule has 0 atom stereocenters. The van der Waals surface area contributed by atoms with Crippen molar-refractivity contribution in [2.24, 2.45) is 0 Å². The van der Waals surface area contributed by atoms with E-state index in [-0.39, 0.29) is 10.5 Å². The van der Waals surface area contributed by atoms with E-state index in [1.165, 1.54) is 28.6 Å². The Morgan fingerprint density at radius 1 is 1.22 bits per heavy atom. The van der Waals surface area contributed by atoms with E-state index in [9.17, 15) is 13.2 Å². The lowest BCUT2D eigenvalue weighted by Gasteiger charge is -2.47. The maximum atomic E-state index is 12.6. The molecule has 1 aromatic rings. The van der Waals surface area contributed by atoms with Crippen LogP contribution in [-0.2, 0) is 19.6 Å². The minimum atomic E-state index is -3.54. The van der Waals surface area contributed by atoms with Crippen molar-refractivity contribution in [1.29, 1.82) is 0 Å². The van der Waals surface area contributed by atoms with Crippen LogP contribution in [0.15, 0.2) is 29.2 Å². The fourth-order valence-corrected chi connectivity index (χ4v) is 4.36. The molecule has 2 saturated heterocycles. The maximum Gasteiger partial charge on any atom is 0.341 e. The second-order valence-corrected chi connectivity index (χ2v) is 7.78. The Hall–Kier alpha value is -1.64. The zero-order valence-corrected chi connectivity index (χ0v) is 13.4. The predicted molar refractivity (Wildman–Crippen MR) is 80.9 cm³/mol. The Labute approximate surface area is 134 Å². The molecule has 2 heterocycles. The molecule has 1 spiro atoms. The second-order valence-electron chi connectivity index (χ2n) is 5.84. The Morgan fingerprint density at radius 2 is 1.83 bits per heavy atom. The van der Waals surface area contributed by atoms with Crippen LogP contribution < -0.4 is 4.74 Å². The summed E-state index contributed by atoms with van der Waals surface area (Å²) in [4.78, 5) is 10.6. The van der Waals surface area contributed by atoms with E-state index >= 15 is 0 Å². The number of hydrogen-bond donors (Lipinski definition) is 1. The number of ether oxygens (including phenoxy) is 2. The number of carboxylic acids is 1. The van der Waals surface area contributed by atoms with Crippen LogP contribution in [0.4, 0.5) is 0 Å². The highest BCUT2D eigenvalue weighted by atomic mass is 32.2. The van der Waals surface area contributed by atoms with Gasteiger partial charge in [-0.3, -0.25) is 0 Å². The highest BCUT2D eigenvalue weighted by Crippen LogP contribution is 2.38. The molecule has 126 valence electrons. The Balaban J connectivity index is 1.66. The van der Waals surface area contributed by atoms with Crippen molar-refractivity contribution in [3.63, 3.8) is 0 Å². The van der Waals surface area contributed by atoms with Crippen molar-refractivity contribution in [3.8, 4) is 5.75 Å². The normalized spacial score (nSPS) is 20.9. The Morgan fingerprint density at radius 3 is 2.30 bits per heavy atom. The SMILES string of the molecule is O=C(O)COc1ccc(S(=O)(=O)N2CCC3(CCO3)CC2)cc1. The van der Waals surface area contributed by atoms with Crippen molar-refractivity contribution < 1.29 is 27.8 Å². The van der Waals surface area contributed by atoms with Gasteiger partial charge in [-0.05, 0) is 43.5 Å². The van der Waals surface area contributed by atoms with Gasteiger partial charge in [-0.2, -0.15) is 4.31 Å². The molecule has 7 nitrogen and oxygen atoms in total. The van der Waals surface area contributed by atoms with E-state index in [0.29, 0.717) is 18.8 Å². The van der Waals surface area contributed by atoms with Crippen LogP contribution in [0.1, 0.15) is 19.3 Å². The molecule has 2 aliphatic rings. The van der Waals surface area contributed by atoms with Crippen LogP contribution in [0.2, 0.25) is 0 Å². The van der Waals surface area contributed by atoms with Gasteiger partial charge in [0.1, 0.15) is 5.75 Å². The van der Waals surface area contributed by atoms with Gasteiger partial charge >= 0.3 is 5.97 Å². The fourth-order valence-electron chi connectivity index (χ4n) is 2.92. The Kier molecular flexibility index (Phi) is 4.31. The van der Waals surface area contributed by atoms with Crippen molar-refractivity contribution in [2.45, 2.75) is 29.8 Å². The van der Waals surface area contributed by atoms with E-state index in [0.717, 1.165) is 25.9 Å². The van der Waals surface area contributed by atoms with E-state index in [4.69, 9.17) is 14.6 Å². The third kappa shape index (κ3) is 3.34. The molecule has 0 unspecified atom stereocenters. The largest absolute Gasteiger partial charge is 0.482 e. The summed E-state index contributed by atoms with van der Waals surface area (Å²) < 4.78 is 37.4. The second kappa shape index (κ2) is 6.10. The average molecular weight is 341 g/mol. The third-order valence-electron chi connectivity index (χ3n) is 4.42. The molecule has 0 amide bonds. The highest BCUT2D eigenvalue weighted by Gasteiger charge is 2.43. The summed E-state index contributed by atoms with van der Waals surface area (Å²) in [6, 6.07) is 5.82. The lowest BCUT2D eigenvalue weighted by molar-refractivity contribution is -0.167. The number of nitrogens with zero attached hydrogens (tertiary/aromatic N) is 1. The topological polar surface area (TPSA) is 93.1 Å². The molecule has 1 N–H and O–H groups in total. The van der Waals surface area contributed by atoms with Gasteiger partial charge in [0.25, 0.3) is 0 Å². The van der Waals surface area contributed by atoms with Gasteiger partial charge in [0.05, 0.1) is 17.1 Å². The molecule has 23 heavy (non-hydrogen) atoms. The molecule has 0 aliphatic carbocycles. The van der Waals surface area contributed by atoms with Crippen LogP contribution in [0.5, 0.6) is 5.75 Å². The fraction of sp³-hybridized carbons (Fsp3) is 0.533. The van der Waals surface area contributed by atoms with E-state index < -0.39 is 22.6 Å². The lowest BCUT2D eigenvalue weighted by atomic mass is 9.85. The number of carboxylic acid groups (broad SMARTS) is 1. The van der Waals surface area contributed by atoms with Gasteiger partial charge < -0.3 is 14.6 Å². The maximum absolute atomic E-state index is 12.6. The highest BCUT2D eigenvalue weighted by molar-refractivity contribution is 7.89. The van der Waals surface area contributed by atoms with Crippen molar-refractivity contribution in [3.05, 3.63) is 24.3 Å². The zero-order chi connectivity index (χ0) is 16.5. The molecule has 8 heteroatoms. The van der Waals surface area contributed by atoms with Crippen LogP contribution in [0, 0.1) is 0 Å². The summed E-state index contributed by atoms with van der Waals surface area (Å²) in [5.74, 6) is -0.756. The summed E-state index contributed by atoms with van der Waals surface area (Å²) in [5, 5.41) is 8.56. The van der Waals surface area contributed by atoms with Crippen LogP contribution in [0.3, 0.4) is 0 Å². The molecule has 0 aromatic heterocycles. The quantitative estimate of drug-likeness (QED) is 0.862. The van der Waals surface area contributed by atoms with Crippen molar-refractivity contribution in [1.82, 2.24) is 4.31 Å². The van der Waals surface area contributed by atoms with Gasteiger partial charge in [0.2, 0.25) is 10.0 Å². The molecule has 1 aromatic carbocycles. The number of benzene rings is 1. The van der Waals surface area contributed by atoms with Gasteiger partial charge in [-0.25, -0.2) is 13.2 Å². The summed E-state index contributed by atoms with van der Waals surface area (Å²) in [6.45, 7) is 1.23. The molecule has 0 radical (unpaired) electrons. The van der Waals surface area contributed by atoms with E-state index in [1.807, 2.05) is 0 Å². The van der Waals surface area contributed by atoms with Gasteiger partial charge in [-0.1, -0.05) is 0 Å². The summed E-state index contributed by atoms with van der Waals surface area (Å²) >= 11 is 0. The van der Waals surface area contributed by atoms with Crippen molar-refractivity contribution in [2.75, 3.05) is 26.3 Å². The molecule has 0 bridgehead atoms. The van der Waals surface area contributed by atoms with Crippen LogP contribution >= 0.6 is 0 Å². The molecular formula is C15H19NO6S. The number of piperidine rings is 1. The van der Waals surface area contributed by atoms with Crippen LogP contribution in [0.25, 0.3) is 0 Å².